The summed E-state index contributed by atoms with van der Waals surface area (Å²) in [5.74, 6) is 0. The summed E-state index contributed by atoms with van der Waals surface area (Å²) in [6.45, 7) is 4.70. The summed E-state index contributed by atoms with van der Waals surface area (Å²) in [5, 5.41) is 1.78. The van der Waals surface area contributed by atoms with Gasteiger partial charge in [-0.15, -0.1) is 11.3 Å². The quantitative estimate of drug-likeness (QED) is 0.793. The molecule has 0 unspecified atom stereocenters. The zero-order valence-corrected chi connectivity index (χ0v) is 14.6. The first kappa shape index (κ1) is 15.7. The Morgan fingerprint density at radius 3 is 2.60 bits per heavy atom. The van der Waals surface area contributed by atoms with Crippen molar-refractivity contribution in [3.63, 3.8) is 0 Å². The molecule has 0 amide bonds. The molecule has 0 N–H and O–H groups in total. The number of rotatable bonds is 5. The van der Waals surface area contributed by atoms with Crippen LogP contribution in [0.4, 0.5) is 0 Å². The predicted molar refractivity (Wildman–Crippen MR) is 86.5 cm³/mol. The normalized spacial score (nSPS) is 12.0. The number of aryl methyl sites for hydroxylation is 1. The first-order valence-electron chi connectivity index (χ1n) is 6.24. The van der Waals surface area contributed by atoms with Gasteiger partial charge >= 0.3 is 0 Å². The highest BCUT2D eigenvalue weighted by Crippen LogP contribution is 2.30. The minimum Gasteiger partial charge on any atom is -0.206 e. The lowest BCUT2D eigenvalue weighted by atomic mass is 10.1. The van der Waals surface area contributed by atoms with Crippen LogP contribution >= 0.6 is 27.3 Å². The predicted octanol–water partition coefficient (Wildman–Crippen LogP) is 4.03. The Morgan fingerprint density at radius 2 is 2.05 bits per heavy atom. The highest BCUT2D eigenvalue weighted by molar-refractivity contribution is 9.10. The summed E-state index contributed by atoms with van der Waals surface area (Å²) >= 11 is 4.54. The van der Waals surface area contributed by atoms with Crippen molar-refractivity contribution in [1.82, 2.24) is 4.31 Å². The number of sulfonamides is 1. The van der Waals surface area contributed by atoms with Gasteiger partial charge in [-0.2, -0.15) is 4.31 Å². The number of nitrogens with zero attached hydrogens (tertiary/aromatic N) is 1. The van der Waals surface area contributed by atoms with Gasteiger partial charge in [-0.25, -0.2) is 8.42 Å². The monoisotopic (exact) mass is 373 g/mol. The lowest BCUT2D eigenvalue weighted by molar-refractivity contribution is 0.424. The third-order valence-electron chi connectivity index (χ3n) is 2.95. The molecule has 1 aromatic heterocycles. The van der Waals surface area contributed by atoms with Gasteiger partial charge < -0.3 is 0 Å². The maximum Gasteiger partial charge on any atom is 0.253 e. The van der Waals surface area contributed by atoms with E-state index in [9.17, 15) is 8.42 Å². The fourth-order valence-corrected chi connectivity index (χ4v) is 5.85. The molecule has 2 rings (SSSR count). The van der Waals surface area contributed by atoms with Crippen LogP contribution in [0.15, 0.2) is 44.4 Å². The third-order valence-corrected chi connectivity index (χ3v) is 7.52. The number of hydrogen-bond donors (Lipinski definition) is 0. The van der Waals surface area contributed by atoms with Crippen LogP contribution in [0.3, 0.4) is 0 Å². The summed E-state index contributed by atoms with van der Waals surface area (Å²) in [7, 11) is -3.44. The molecule has 20 heavy (non-hydrogen) atoms. The van der Waals surface area contributed by atoms with Crippen LogP contribution in [0, 0.1) is 6.92 Å². The molecule has 0 bridgehead atoms. The van der Waals surface area contributed by atoms with Crippen molar-refractivity contribution in [2.24, 2.45) is 0 Å². The topological polar surface area (TPSA) is 37.4 Å². The van der Waals surface area contributed by atoms with Gasteiger partial charge in [0.2, 0.25) is 0 Å². The molecule has 0 spiro atoms. The third kappa shape index (κ3) is 3.31. The molecular formula is C14H16BrNO2S2. The molecule has 1 heterocycles. The van der Waals surface area contributed by atoms with Crippen molar-refractivity contribution in [2.75, 3.05) is 6.54 Å². The smallest absolute Gasteiger partial charge is 0.206 e. The van der Waals surface area contributed by atoms with E-state index in [1.54, 1.807) is 11.4 Å². The zero-order valence-electron chi connectivity index (χ0n) is 11.3. The number of benzene rings is 1. The number of hydrogen-bond acceptors (Lipinski definition) is 3. The Hall–Kier alpha value is -0.690. The van der Waals surface area contributed by atoms with E-state index in [0.29, 0.717) is 21.8 Å². The van der Waals surface area contributed by atoms with Gasteiger partial charge in [0.15, 0.2) is 0 Å². The Kier molecular flexibility index (Phi) is 5.01. The van der Waals surface area contributed by atoms with Crippen molar-refractivity contribution in [2.45, 2.75) is 24.6 Å². The average Bonchev–Trinajstić information content (AvgIpc) is 2.83. The Balaban J connectivity index is 2.31. The Morgan fingerprint density at radius 1 is 1.30 bits per heavy atom. The Bertz CT molecular complexity index is 695. The maximum absolute atomic E-state index is 12.6. The highest BCUT2D eigenvalue weighted by Gasteiger charge is 2.26. The molecule has 0 aliphatic rings. The van der Waals surface area contributed by atoms with Gasteiger partial charge in [0.25, 0.3) is 10.0 Å². The van der Waals surface area contributed by atoms with Crippen molar-refractivity contribution in [3.05, 3.63) is 51.3 Å². The minimum absolute atomic E-state index is 0.368. The minimum atomic E-state index is -3.44. The van der Waals surface area contributed by atoms with Crippen molar-refractivity contribution in [3.8, 4) is 0 Å². The van der Waals surface area contributed by atoms with E-state index >= 15 is 0 Å². The van der Waals surface area contributed by atoms with E-state index in [-0.39, 0.29) is 0 Å². The molecule has 0 radical (unpaired) electrons. The van der Waals surface area contributed by atoms with E-state index in [4.69, 9.17) is 0 Å². The summed E-state index contributed by atoms with van der Waals surface area (Å²) in [4.78, 5) is 0. The van der Waals surface area contributed by atoms with Crippen molar-refractivity contribution >= 4 is 37.3 Å². The molecule has 6 heteroatoms. The number of thiophene rings is 1. The van der Waals surface area contributed by atoms with E-state index in [1.165, 1.54) is 15.6 Å². The standard InChI is InChI=1S/C14H16BrNO2S2/c1-3-16(10-12-6-4-5-11(2)9-12)20(17,18)14-13(15)7-8-19-14/h4-9H,3,10H2,1-2H3. The number of halogens is 1. The molecule has 1 aromatic carbocycles. The van der Waals surface area contributed by atoms with Crippen LogP contribution < -0.4 is 0 Å². The molecule has 0 aliphatic heterocycles. The van der Waals surface area contributed by atoms with Gasteiger partial charge in [-0.1, -0.05) is 36.8 Å². The van der Waals surface area contributed by atoms with Crippen LogP contribution in [0.5, 0.6) is 0 Å². The second kappa shape index (κ2) is 6.39. The van der Waals surface area contributed by atoms with Gasteiger partial charge in [-0.05, 0) is 39.9 Å². The second-order valence-corrected chi connectivity index (χ2v) is 8.38. The first-order chi connectivity index (χ1) is 9.45. The molecule has 0 saturated heterocycles. The van der Waals surface area contributed by atoms with Gasteiger partial charge in [-0.3, -0.25) is 0 Å². The van der Waals surface area contributed by atoms with Crippen LogP contribution in [-0.4, -0.2) is 19.3 Å². The van der Waals surface area contributed by atoms with Crippen LogP contribution in [-0.2, 0) is 16.6 Å². The summed E-state index contributed by atoms with van der Waals surface area (Å²) < 4.78 is 27.8. The van der Waals surface area contributed by atoms with E-state index in [2.05, 4.69) is 15.9 Å². The summed E-state index contributed by atoms with van der Waals surface area (Å²) in [5.41, 5.74) is 2.14. The van der Waals surface area contributed by atoms with Crippen LogP contribution in [0.1, 0.15) is 18.1 Å². The van der Waals surface area contributed by atoms with E-state index in [0.717, 1.165) is 11.1 Å². The molecule has 108 valence electrons. The average molecular weight is 374 g/mol. The molecule has 0 saturated carbocycles. The molecule has 0 aliphatic carbocycles. The van der Waals surface area contributed by atoms with E-state index in [1.807, 2.05) is 38.1 Å². The first-order valence-corrected chi connectivity index (χ1v) is 9.35. The largest absolute Gasteiger partial charge is 0.253 e. The lowest BCUT2D eigenvalue weighted by Crippen LogP contribution is -2.30. The SMILES string of the molecule is CCN(Cc1cccc(C)c1)S(=O)(=O)c1sccc1Br. The zero-order chi connectivity index (χ0) is 14.8. The van der Waals surface area contributed by atoms with E-state index < -0.39 is 10.0 Å². The van der Waals surface area contributed by atoms with Crippen molar-refractivity contribution in [1.29, 1.82) is 0 Å². The van der Waals surface area contributed by atoms with Crippen LogP contribution in [0.25, 0.3) is 0 Å². The molecule has 3 nitrogen and oxygen atoms in total. The van der Waals surface area contributed by atoms with Crippen molar-refractivity contribution < 1.29 is 8.42 Å². The summed E-state index contributed by atoms with van der Waals surface area (Å²) in [6.07, 6.45) is 0. The van der Waals surface area contributed by atoms with Gasteiger partial charge in [0, 0.05) is 17.6 Å². The molecule has 0 atom stereocenters. The fourth-order valence-electron chi connectivity index (χ4n) is 1.96. The van der Waals surface area contributed by atoms with Gasteiger partial charge in [0.05, 0.1) is 0 Å². The summed E-state index contributed by atoms with van der Waals surface area (Å²) in [6, 6.07) is 9.69. The van der Waals surface area contributed by atoms with Crippen LogP contribution in [0.2, 0.25) is 0 Å². The van der Waals surface area contributed by atoms with Gasteiger partial charge in [0.1, 0.15) is 4.21 Å². The second-order valence-electron chi connectivity index (χ2n) is 4.48. The Labute approximate surface area is 132 Å². The maximum atomic E-state index is 12.6. The lowest BCUT2D eigenvalue weighted by Gasteiger charge is -2.20. The fraction of sp³-hybridized carbons (Fsp3) is 0.286. The highest BCUT2D eigenvalue weighted by atomic mass is 79.9. The molecular weight excluding hydrogens is 358 g/mol. The molecule has 0 fully saturated rings. The molecule has 2 aromatic rings.